The summed E-state index contributed by atoms with van der Waals surface area (Å²) in [5.41, 5.74) is 2.68. The number of rotatable bonds is 8. The molecule has 162 valence electrons. The van der Waals surface area contributed by atoms with Gasteiger partial charge in [-0.05, 0) is 44.5 Å². The lowest BCUT2D eigenvalue weighted by Crippen LogP contribution is -2.15. The summed E-state index contributed by atoms with van der Waals surface area (Å²) in [5, 5.41) is 22.4. The third-order valence-electron chi connectivity index (χ3n) is 4.56. The van der Waals surface area contributed by atoms with E-state index in [1.165, 1.54) is 41.6 Å². The molecule has 0 aliphatic rings. The van der Waals surface area contributed by atoms with Crippen LogP contribution in [-0.2, 0) is 11.8 Å². The van der Waals surface area contributed by atoms with Crippen LogP contribution in [0.4, 0.5) is 11.4 Å². The molecule has 1 unspecified atom stereocenters. The molecule has 0 fully saturated rings. The van der Waals surface area contributed by atoms with Gasteiger partial charge in [0.15, 0.2) is 17.1 Å². The zero-order chi connectivity index (χ0) is 22.5. The van der Waals surface area contributed by atoms with E-state index in [1.807, 2.05) is 40.0 Å². The van der Waals surface area contributed by atoms with Gasteiger partial charge in [-0.2, -0.15) is 0 Å². The molecule has 0 aliphatic heterocycles. The number of nitrogens with zero attached hydrogens (tertiary/aromatic N) is 4. The summed E-state index contributed by atoms with van der Waals surface area (Å²) in [6.45, 7) is 5.93. The van der Waals surface area contributed by atoms with Crippen molar-refractivity contribution in [3.63, 3.8) is 0 Å². The van der Waals surface area contributed by atoms with Crippen molar-refractivity contribution in [3.8, 4) is 5.75 Å². The molecule has 3 rings (SSSR count). The second kappa shape index (κ2) is 9.61. The van der Waals surface area contributed by atoms with E-state index in [0.717, 1.165) is 11.3 Å². The molecule has 0 saturated heterocycles. The average molecular weight is 442 g/mol. The van der Waals surface area contributed by atoms with Crippen LogP contribution < -0.4 is 10.1 Å². The van der Waals surface area contributed by atoms with Crippen molar-refractivity contribution >= 4 is 29.0 Å². The number of anilines is 1. The molecule has 1 aromatic heterocycles. The van der Waals surface area contributed by atoms with E-state index < -0.39 is 4.92 Å². The lowest BCUT2D eigenvalue weighted by atomic mass is 10.1. The largest absolute Gasteiger partial charge is 0.482 e. The van der Waals surface area contributed by atoms with Gasteiger partial charge < -0.3 is 14.6 Å². The molecule has 10 heteroatoms. The topological polar surface area (TPSA) is 112 Å². The Hall–Kier alpha value is -3.40. The molecule has 1 amide bonds. The molecule has 0 saturated carbocycles. The van der Waals surface area contributed by atoms with Crippen LogP contribution in [0, 0.1) is 24.0 Å². The number of carbonyl (C=O) groups is 1. The molecule has 1 heterocycles. The van der Waals surface area contributed by atoms with Crippen molar-refractivity contribution in [1.29, 1.82) is 0 Å². The Morgan fingerprint density at radius 3 is 2.58 bits per heavy atom. The van der Waals surface area contributed by atoms with Gasteiger partial charge in [0.25, 0.3) is 5.69 Å². The van der Waals surface area contributed by atoms with Crippen molar-refractivity contribution in [2.24, 2.45) is 7.05 Å². The van der Waals surface area contributed by atoms with Gasteiger partial charge in [0.05, 0.1) is 10.7 Å². The molecule has 1 N–H and O–H groups in total. The highest BCUT2D eigenvalue weighted by molar-refractivity contribution is 7.99. The number of amides is 1. The summed E-state index contributed by atoms with van der Waals surface area (Å²) < 4.78 is 7.86. The monoisotopic (exact) mass is 441 g/mol. The molecular weight excluding hydrogens is 418 g/mol. The molecule has 9 nitrogen and oxygen atoms in total. The summed E-state index contributed by atoms with van der Waals surface area (Å²) in [6, 6.07) is 11.7. The van der Waals surface area contributed by atoms with Gasteiger partial charge in [-0.25, -0.2) is 0 Å². The molecule has 0 aliphatic carbocycles. The summed E-state index contributed by atoms with van der Waals surface area (Å²) in [6.07, 6.45) is -0.317. The number of thioether (sulfide) groups is 1. The quantitative estimate of drug-likeness (QED) is 0.316. The van der Waals surface area contributed by atoms with Crippen LogP contribution in [0.15, 0.2) is 47.6 Å². The lowest BCUT2D eigenvalue weighted by Gasteiger charge is -2.16. The van der Waals surface area contributed by atoms with Gasteiger partial charge >= 0.3 is 0 Å². The maximum absolute atomic E-state index is 12.2. The number of carbonyl (C=O) groups excluding carboxylic acids is 1. The minimum atomic E-state index is -0.488. The first-order valence-electron chi connectivity index (χ1n) is 9.55. The van der Waals surface area contributed by atoms with Gasteiger partial charge in [-0.15, -0.1) is 10.2 Å². The zero-order valence-electron chi connectivity index (χ0n) is 17.7. The Kier molecular flexibility index (Phi) is 6.91. The zero-order valence-corrected chi connectivity index (χ0v) is 18.5. The Morgan fingerprint density at radius 2 is 1.94 bits per heavy atom. The SMILES string of the molecule is Cc1ccc(OC(C)c2nnc(SCC(=O)Nc3ccc([N+](=O)[O-])cc3)n2C)c(C)c1. The summed E-state index contributed by atoms with van der Waals surface area (Å²) in [7, 11) is 1.83. The summed E-state index contributed by atoms with van der Waals surface area (Å²) in [4.78, 5) is 22.4. The molecular formula is C21H23N5O4S. The van der Waals surface area contributed by atoms with E-state index >= 15 is 0 Å². The van der Waals surface area contributed by atoms with Crippen LogP contribution >= 0.6 is 11.8 Å². The van der Waals surface area contributed by atoms with Crippen molar-refractivity contribution in [1.82, 2.24) is 14.8 Å². The predicted octanol–water partition coefficient (Wildman–Crippen LogP) is 4.21. The van der Waals surface area contributed by atoms with Gasteiger partial charge in [-0.1, -0.05) is 29.5 Å². The summed E-state index contributed by atoms with van der Waals surface area (Å²) >= 11 is 1.25. The Labute approximate surface area is 184 Å². The number of nitrogens with one attached hydrogen (secondary N) is 1. The normalized spacial score (nSPS) is 11.7. The van der Waals surface area contributed by atoms with E-state index in [2.05, 4.69) is 21.6 Å². The van der Waals surface area contributed by atoms with Crippen molar-refractivity contribution < 1.29 is 14.5 Å². The molecule has 3 aromatic rings. The van der Waals surface area contributed by atoms with Gasteiger partial charge in [-0.3, -0.25) is 14.9 Å². The molecule has 1 atom stereocenters. The molecule has 0 spiro atoms. The van der Waals surface area contributed by atoms with Crippen LogP contribution in [0.5, 0.6) is 5.75 Å². The predicted molar refractivity (Wildman–Crippen MR) is 118 cm³/mol. The van der Waals surface area contributed by atoms with Crippen molar-refractivity contribution in [2.75, 3.05) is 11.1 Å². The first kappa shape index (κ1) is 22.3. The molecule has 2 aromatic carbocycles. The van der Waals surface area contributed by atoms with Crippen LogP contribution in [0.2, 0.25) is 0 Å². The van der Waals surface area contributed by atoms with Crippen LogP contribution in [0.25, 0.3) is 0 Å². The second-order valence-corrected chi connectivity index (χ2v) is 8.01. The van der Waals surface area contributed by atoms with Gasteiger partial charge in [0.1, 0.15) is 5.75 Å². The number of aryl methyl sites for hydroxylation is 2. The smallest absolute Gasteiger partial charge is 0.269 e. The maximum atomic E-state index is 12.2. The minimum absolute atomic E-state index is 0.0313. The van der Waals surface area contributed by atoms with E-state index in [0.29, 0.717) is 16.7 Å². The molecule has 0 bridgehead atoms. The third kappa shape index (κ3) is 5.60. The summed E-state index contributed by atoms with van der Waals surface area (Å²) in [5.74, 6) is 1.31. The first-order chi connectivity index (χ1) is 14.7. The van der Waals surface area contributed by atoms with E-state index in [1.54, 1.807) is 4.57 Å². The highest BCUT2D eigenvalue weighted by atomic mass is 32.2. The van der Waals surface area contributed by atoms with Gasteiger partial charge in [0, 0.05) is 24.9 Å². The van der Waals surface area contributed by atoms with E-state index in [9.17, 15) is 14.9 Å². The number of nitro groups is 1. The lowest BCUT2D eigenvalue weighted by molar-refractivity contribution is -0.384. The molecule has 0 radical (unpaired) electrons. The van der Waals surface area contributed by atoms with Crippen molar-refractivity contribution in [2.45, 2.75) is 32.0 Å². The van der Waals surface area contributed by atoms with Crippen LogP contribution in [0.3, 0.4) is 0 Å². The maximum Gasteiger partial charge on any atom is 0.269 e. The minimum Gasteiger partial charge on any atom is -0.482 e. The standard InChI is InChI=1S/C21H23N5O4S/c1-13-5-10-18(14(2)11-13)30-15(3)20-23-24-21(25(20)4)31-12-19(27)22-16-6-8-17(9-7-16)26(28)29/h5-11,15H,12H2,1-4H3,(H,22,27). The average Bonchev–Trinajstić information content (AvgIpc) is 3.09. The van der Waals surface area contributed by atoms with E-state index in [-0.39, 0.29) is 23.5 Å². The number of benzene rings is 2. The fraction of sp³-hybridized carbons (Fsp3) is 0.286. The fourth-order valence-corrected chi connectivity index (χ4v) is 3.69. The van der Waals surface area contributed by atoms with Crippen molar-refractivity contribution in [3.05, 3.63) is 69.5 Å². The number of non-ortho nitro benzene ring substituents is 1. The molecule has 31 heavy (non-hydrogen) atoms. The number of hydrogen-bond acceptors (Lipinski definition) is 7. The number of ether oxygens (including phenoxy) is 1. The highest BCUT2D eigenvalue weighted by Gasteiger charge is 2.19. The number of aromatic nitrogens is 3. The van der Waals surface area contributed by atoms with E-state index in [4.69, 9.17) is 4.74 Å². The number of hydrogen-bond donors (Lipinski definition) is 1. The third-order valence-corrected chi connectivity index (χ3v) is 5.58. The Balaban J connectivity index is 1.58. The Morgan fingerprint density at radius 1 is 1.23 bits per heavy atom. The highest BCUT2D eigenvalue weighted by Crippen LogP contribution is 2.26. The first-order valence-corrected chi connectivity index (χ1v) is 10.5. The Bertz CT molecular complexity index is 1100. The second-order valence-electron chi connectivity index (χ2n) is 7.07. The van der Waals surface area contributed by atoms with Gasteiger partial charge in [0.2, 0.25) is 5.91 Å². The van der Waals surface area contributed by atoms with Crippen LogP contribution in [-0.4, -0.2) is 31.3 Å². The fourth-order valence-electron chi connectivity index (χ4n) is 2.97. The number of nitro benzene ring substituents is 1. The van der Waals surface area contributed by atoms with Crippen LogP contribution in [0.1, 0.15) is 30.0 Å².